The van der Waals surface area contributed by atoms with Crippen LogP contribution in [0.4, 0.5) is 21.6 Å². The minimum Gasteiger partial charge on any atom is -0.477 e. The van der Waals surface area contributed by atoms with Crippen LogP contribution in [0.2, 0.25) is 5.02 Å². The number of aromatic carboxylic acids is 1. The van der Waals surface area contributed by atoms with Gasteiger partial charge in [-0.2, -0.15) is 0 Å². The van der Waals surface area contributed by atoms with Crippen LogP contribution in [-0.2, 0) is 0 Å². The molecule has 2 aromatic rings. The van der Waals surface area contributed by atoms with Crippen molar-refractivity contribution in [3.8, 4) is 0 Å². The molecule has 7 nitrogen and oxygen atoms in total. The summed E-state index contributed by atoms with van der Waals surface area (Å²) >= 11 is 5.53. The molecule has 0 spiro atoms. The van der Waals surface area contributed by atoms with Crippen molar-refractivity contribution in [3.63, 3.8) is 0 Å². The Bertz CT molecular complexity index is 738. The lowest BCUT2D eigenvalue weighted by molar-refractivity contribution is -0.385. The quantitative estimate of drug-likeness (QED) is 0.663. The number of halogens is 2. The molecule has 0 bridgehead atoms. The molecule has 0 atom stereocenters. The average molecular weight is 312 g/mol. The number of benzene rings is 1. The van der Waals surface area contributed by atoms with E-state index >= 15 is 0 Å². The first-order valence-electron chi connectivity index (χ1n) is 5.48. The second-order valence-corrected chi connectivity index (χ2v) is 4.31. The number of nitro groups is 1. The van der Waals surface area contributed by atoms with Gasteiger partial charge in [0.05, 0.1) is 9.95 Å². The van der Waals surface area contributed by atoms with Crippen molar-refractivity contribution in [2.75, 3.05) is 5.32 Å². The maximum Gasteiger partial charge on any atom is 0.342 e. The second kappa shape index (κ2) is 5.71. The Kier molecular flexibility index (Phi) is 3.99. The Morgan fingerprint density at radius 2 is 2.14 bits per heavy atom. The summed E-state index contributed by atoms with van der Waals surface area (Å²) in [6, 6.07) is 4.84. The average Bonchev–Trinajstić information content (AvgIpc) is 2.42. The molecule has 0 aliphatic heterocycles. The Morgan fingerprint density at radius 1 is 1.43 bits per heavy atom. The number of carbonyl (C=O) groups is 1. The van der Waals surface area contributed by atoms with Gasteiger partial charge in [0, 0.05) is 11.8 Å². The topological polar surface area (TPSA) is 105 Å². The van der Waals surface area contributed by atoms with Crippen LogP contribution in [0.5, 0.6) is 0 Å². The number of carboxylic acids is 1. The fourth-order valence-electron chi connectivity index (χ4n) is 1.56. The fraction of sp³-hybridized carbons (Fsp3) is 0. The van der Waals surface area contributed by atoms with Crippen LogP contribution < -0.4 is 5.32 Å². The molecule has 0 aliphatic carbocycles. The molecule has 1 aromatic heterocycles. The molecule has 1 heterocycles. The third kappa shape index (κ3) is 3.23. The van der Waals surface area contributed by atoms with Crippen LogP contribution in [0.1, 0.15) is 10.4 Å². The van der Waals surface area contributed by atoms with E-state index in [1.54, 1.807) is 0 Å². The highest BCUT2D eigenvalue weighted by atomic mass is 35.5. The van der Waals surface area contributed by atoms with Crippen molar-refractivity contribution in [1.29, 1.82) is 0 Å². The number of pyridine rings is 1. The van der Waals surface area contributed by atoms with Crippen LogP contribution in [0.25, 0.3) is 0 Å². The molecular formula is C12H7ClFN3O4. The maximum absolute atomic E-state index is 13.3. The summed E-state index contributed by atoms with van der Waals surface area (Å²) in [4.78, 5) is 24.6. The summed E-state index contributed by atoms with van der Waals surface area (Å²) in [6.45, 7) is 0. The molecule has 108 valence electrons. The summed E-state index contributed by atoms with van der Waals surface area (Å²) in [5.41, 5.74) is -0.878. The van der Waals surface area contributed by atoms with Gasteiger partial charge in [-0.25, -0.2) is 14.2 Å². The Balaban J connectivity index is 2.36. The van der Waals surface area contributed by atoms with Crippen LogP contribution >= 0.6 is 11.6 Å². The van der Waals surface area contributed by atoms with Crippen molar-refractivity contribution in [1.82, 2.24) is 4.98 Å². The second-order valence-electron chi connectivity index (χ2n) is 3.90. The summed E-state index contributed by atoms with van der Waals surface area (Å²) in [7, 11) is 0. The van der Waals surface area contributed by atoms with Gasteiger partial charge in [-0.1, -0.05) is 11.6 Å². The number of nitrogens with one attached hydrogen (secondary N) is 1. The zero-order chi connectivity index (χ0) is 15.6. The van der Waals surface area contributed by atoms with Gasteiger partial charge in [-0.05, 0) is 18.2 Å². The highest BCUT2D eigenvalue weighted by molar-refractivity contribution is 6.30. The first-order chi connectivity index (χ1) is 9.88. The fourth-order valence-corrected chi connectivity index (χ4v) is 1.67. The van der Waals surface area contributed by atoms with Crippen molar-refractivity contribution in [3.05, 3.63) is 57.0 Å². The van der Waals surface area contributed by atoms with E-state index < -0.39 is 28.0 Å². The number of hydrogen-bond donors (Lipinski definition) is 2. The lowest BCUT2D eigenvalue weighted by Crippen LogP contribution is -2.05. The Hall–Kier alpha value is -2.74. The van der Waals surface area contributed by atoms with E-state index in [0.29, 0.717) is 0 Å². The number of nitrogens with zero attached hydrogens (tertiary/aromatic N) is 2. The van der Waals surface area contributed by atoms with E-state index in [0.717, 1.165) is 18.3 Å². The van der Waals surface area contributed by atoms with Gasteiger partial charge in [-0.15, -0.1) is 0 Å². The zero-order valence-electron chi connectivity index (χ0n) is 10.2. The molecule has 2 rings (SSSR count). The predicted octanol–water partition coefficient (Wildman–Crippen LogP) is 3.22. The standard InChI is InChI=1S/C12H7ClFN3O4/c13-8-2-1-6(3-9(8)14)16-11-4-7(12(18)19)10(5-15-11)17(20)21/h1-5H,(H,15,16)(H,18,19). The molecule has 0 saturated carbocycles. The third-order valence-electron chi connectivity index (χ3n) is 2.50. The molecule has 0 aliphatic rings. The molecule has 0 saturated heterocycles. The Labute approximate surface area is 122 Å². The van der Waals surface area contributed by atoms with Gasteiger partial charge < -0.3 is 10.4 Å². The lowest BCUT2D eigenvalue weighted by atomic mass is 10.2. The number of rotatable bonds is 4. The smallest absolute Gasteiger partial charge is 0.342 e. The molecule has 1 aromatic carbocycles. The van der Waals surface area contributed by atoms with Crippen LogP contribution in [0, 0.1) is 15.9 Å². The predicted molar refractivity (Wildman–Crippen MR) is 72.5 cm³/mol. The van der Waals surface area contributed by atoms with Gasteiger partial charge in [0.2, 0.25) is 0 Å². The van der Waals surface area contributed by atoms with Gasteiger partial charge in [0.25, 0.3) is 0 Å². The summed E-state index contributed by atoms with van der Waals surface area (Å²) < 4.78 is 13.3. The SMILES string of the molecule is O=C(O)c1cc(Nc2ccc(Cl)c(F)c2)ncc1[N+](=O)[O-]. The third-order valence-corrected chi connectivity index (χ3v) is 2.81. The minimum atomic E-state index is -1.46. The van der Waals surface area contributed by atoms with Gasteiger partial charge >= 0.3 is 11.7 Å². The van der Waals surface area contributed by atoms with Gasteiger partial charge in [0.15, 0.2) is 0 Å². The molecule has 2 N–H and O–H groups in total. The molecule has 0 amide bonds. The molecule has 0 radical (unpaired) electrons. The molecule has 9 heteroatoms. The van der Waals surface area contributed by atoms with Crippen LogP contribution in [-0.4, -0.2) is 21.0 Å². The largest absolute Gasteiger partial charge is 0.477 e. The first kappa shape index (κ1) is 14.7. The molecular weight excluding hydrogens is 305 g/mol. The normalized spacial score (nSPS) is 10.2. The number of carboxylic acid groups (broad SMARTS) is 1. The van der Waals surface area contributed by atoms with Gasteiger partial charge in [-0.3, -0.25) is 10.1 Å². The summed E-state index contributed by atoms with van der Waals surface area (Å²) in [5, 5.41) is 22.2. The van der Waals surface area contributed by atoms with Crippen molar-refractivity contribution in [2.24, 2.45) is 0 Å². The maximum atomic E-state index is 13.3. The van der Waals surface area contributed by atoms with Crippen LogP contribution in [0.15, 0.2) is 30.5 Å². The number of hydrogen-bond acceptors (Lipinski definition) is 5. The van der Waals surface area contributed by atoms with E-state index in [-0.39, 0.29) is 16.5 Å². The first-order valence-corrected chi connectivity index (χ1v) is 5.86. The van der Waals surface area contributed by atoms with Crippen molar-refractivity contribution < 1.29 is 19.2 Å². The van der Waals surface area contributed by atoms with Crippen molar-refractivity contribution in [2.45, 2.75) is 0 Å². The van der Waals surface area contributed by atoms with E-state index in [1.165, 1.54) is 12.1 Å². The molecule has 21 heavy (non-hydrogen) atoms. The van der Waals surface area contributed by atoms with E-state index in [1.807, 2.05) is 0 Å². The highest BCUT2D eigenvalue weighted by Crippen LogP contribution is 2.24. The monoisotopic (exact) mass is 311 g/mol. The molecule has 0 fully saturated rings. The number of aromatic nitrogens is 1. The highest BCUT2D eigenvalue weighted by Gasteiger charge is 2.21. The lowest BCUT2D eigenvalue weighted by Gasteiger charge is -2.07. The van der Waals surface area contributed by atoms with E-state index in [2.05, 4.69) is 10.3 Å². The van der Waals surface area contributed by atoms with E-state index in [4.69, 9.17) is 16.7 Å². The summed E-state index contributed by atoms with van der Waals surface area (Å²) in [6.07, 6.45) is 0.818. The van der Waals surface area contributed by atoms with E-state index in [9.17, 15) is 19.3 Å². The molecule has 0 unspecified atom stereocenters. The van der Waals surface area contributed by atoms with Crippen LogP contribution in [0.3, 0.4) is 0 Å². The minimum absolute atomic E-state index is 0.0275. The van der Waals surface area contributed by atoms with Gasteiger partial charge in [0.1, 0.15) is 23.4 Å². The summed E-state index contributed by atoms with van der Waals surface area (Å²) in [5.74, 6) is -2.10. The zero-order valence-corrected chi connectivity index (χ0v) is 11.0. The van der Waals surface area contributed by atoms with Crippen molar-refractivity contribution >= 4 is 34.8 Å². The number of anilines is 2. The Morgan fingerprint density at radius 3 is 2.71 bits per heavy atom.